The van der Waals surface area contributed by atoms with Crippen LogP contribution in [0.15, 0.2) is 146 Å². The van der Waals surface area contributed by atoms with Gasteiger partial charge >= 0.3 is 0 Å². The molecule has 0 saturated carbocycles. The molecular weight excluding hydrogens is 558 g/mol. The van der Waals surface area contributed by atoms with Gasteiger partial charge in [-0.25, -0.2) is 15.0 Å². The van der Waals surface area contributed by atoms with Crippen molar-refractivity contribution < 1.29 is 0 Å². The van der Waals surface area contributed by atoms with E-state index in [0.717, 1.165) is 57.6 Å². The summed E-state index contributed by atoms with van der Waals surface area (Å²) in [4.78, 5) is 15.5. The molecule has 5 aromatic carbocycles. The molecule has 1 aromatic heterocycles. The maximum atomic E-state index is 5.22. The van der Waals surface area contributed by atoms with Crippen molar-refractivity contribution in [1.82, 2.24) is 15.0 Å². The molecule has 3 nitrogen and oxygen atoms in total. The standard InChI is InChI=1S/C43H37N3/c1-43(2,3)42-45-40(38-26-34(30-16-8-4-9-17-30)24-35(27-38)31-18-10-5-11-19-31)44-41(46-42)39-28-36(32-20-12-6-13-21-32)25-37(29-39)33-22-14-7-15-23-33/h4-6,8-14,16-29H,7,15H2,1-3H3. The number of allylic oxidation sites excluding steroid dienone is 4. The first-order valence-electron chi connectivity index (χ1n) is 16.0. The van der Waals surface area contributed by atoms with Crippen LogP contribution in [-0.4, -0.2) is 15.0 Å². The second-order valence-electron chi connectivity index (χ2n) is 12.9. The maximum Gasteiger partial charge on any atom is 0.163 e. The maximum absolute atomic E-state index is 5.22. The summed E-state index contributed by atoms with van der Waals surface area (Å²) in [5.41, 5.74) is 10.9. The summed E-state index contributed by atoms with van der Waals surface area (Å²) in [6, 6.07) is 45.0. The minimum atomic E-state index is -0.278. The molecule has 0 fully saturated rings. The van der Waals surface area contributed by atoms with E-state index < -0.39 is 0 Å². The minimum Gasteiger partial charge on any atom is -0.212 e. The molecule has 6 aromatic rings. The molecule has 0 amide bonds. The van der Waals surface area contributed by atoms with E-state index in [1.165, 1.54) is 16.7 Å². The van der Waals surface area contributed by atoms with E-state index in [9.17, 15) is 0 Å². The molecule has 0 aliphatic heterocycles. The number of rotatable bonds is 6. The summed E-state index contributed by atoms with van der Waals surface area (Å²) in [5.74, 6) is 2.12. The van der Waals surface area contributed by atoms with Gasteiger partial charge in [-0.1, -0.05) is 130 Å². The largest absolute Gasteiger partial charge is 0.212 e. The highest BCUT2D eigenvalue weighted by atomic mass is 15.0. The first-order valence-corrected chi connectivity index (χ1v) is 16.0. The summed E-state index contributed by atoms with van der Waals surface area (Å²) in [6.45, 7) is 6.49. The van der Waals surface area contributed by atoms with Crippen molar-refractivity contribution in [3.8, 4) is 56.2 Å². The van der Waals surface area contributed by atoms with Crippen molar-refractivity contribution in [2.45, 2.75) is 39.0 Å². The first kappa shape index (κ1) is 29.3. The predicted molar refractivity (Wildman–Crippen MR) is 192 cm³/mol. The van der Waals surface area contributed by atoms with E-state index in [1.54, 1.807) is 0 Å². The zero-order valence-corrected chi connectivity index (χ0v) is 26.6. The Hall–Kier alpha value is -5.41. The Balaban J connectivity index is 1.44. The van der Waals surface area contributed by atoms with Gasteiger partial charge in [-0.15, -0.1) is 0 Å². The fourth-order valence-electron chi connectivity index (χ4n) is 5.87. The fraction of sp³-hybridized carbons (Fsp3) is 0.140. The van der Waals surface area contributed by atoms with Crippen molar-refractivity contribution in [3.05, 3.63) is 157 Å². The summed E-state index contributed by atoms with van der Waals surface area (Å²) < 4.78 is 0. The van der Waals surface area contributed by atoms with Crippen LogP contribution in [0.3, 0.4) is 0 Å². The predicted octanol–water partition coefficient (Wildman–Crippen LogP) is 11.2. The monoisotopic (exact) mass is 595 g/mol. The molecule has 0 unspecified atom stereocenters. The summed E-state index contributed by atoms with van der Waals surface area (Å²) in [7, 11) is 0. The molecule has 0 radical (unpaired) electrons. The van der Waals surface area contributed by atoms with Crippen LogP contribution in [0.1, 0.15) is 45.0 Å². The Labute approximate surface area is 272 Å². The highest BCUT2D eigenvalue weighted by Gasteiger charge is 2.22. The van der Waals surface area contributed by atoms with Crippen LogP contribution in [0.5, 0.6) is 0 Å². The molecule has 3 heteroatoms. The third kappa shape index (κ3) is 6.36. The normalized spacial score (nSPS) is 13.0. The Morgan fingerprint density at radius 2 is 0.848 bits per heavy atom. The zero-order chi connectivity index (χ0) is 31.5. The van der Waals surface area contributed by atoms with E-state index in [-0.39, 0.29) is 5.41 Å². The van der Waals surface area contributed by atoms with Crippen molar-refractivity contribution in [2.75, 3.05) is 0 Å². The lowest BCUT2D eigenvalue weighted by atomic mass is 9.92. The van der Waals surface area contributed by atoms with Gasteiger partial charge in [-0.05, 0) is 93.8 Å². The number of hydrogen-bond acceptors (Lipinski definition) is 3. The second kappa shape index (κ2) is 12.5. The third-order valence-corrected chi connectivity index (χ3v) is 8.34. The topological polar surface area (TPSA) is 38.7 Å². The van der Waals surface area contributed by atoms with Crippen molar-refractivity contribution in [2.24, 2.45) is 0 Å². The lowest BCUT2D eigenvalue weighted by molar-refractivity contribution is 0.543. The van der Waals surface area contributed by atoms with Crippen LogP contribution >= 0.6 is 0 Å². The van der Waals surface area contributed by atoms with E-state index in [2.05, 4.69) is 166 Å². The highest BCUT2D eigenvalue weighted by Crippen LogP contribution is 2.35. The Kier molecular flexibility index (Phi) is 7.98. The van der Waals surface area contributed by atoms with Crippen molar-refractivity contribution in [3.63, 3.8) is 0 Å². The van der Waals surface area contributed by atoms with Gasteiger partial charge in [0, 0.05) is 16.5 Å². The lowest BCUT2D eigenvalue weighted by Crippen LogP contribution is -2.18. The smallest absolute Gasteiger partial charge is 0.163 e. The molecular formula is C43H37N3. The molecule has 46 heavy (non-hydrogen) atoms. The van der Waals surface area contributed by atoms with Gasteiger partial charge in [0.15, 0.2) is 11.6 Å². The molecule has 0 atom stereocenters. The number of nitrogens with zero attached hydrogens (tertiary/aromatic N) is 3. The number of aromatic nitrogens is 3. The molecule has 1 aliphatic carbocycles. The van der Waals surface area contributed by atoms with E-state index in [0.29, 0.717) is 11.6 Å². The minimum absolute atomic E-state index is 0.278. The summed E-state index contributed by atoms with van der Waals surface area (Å²) >= 11 is 0. The van der Waals surface area contributed by atoms with E-state index in [1.807, 2.05) is 0 Å². The quantitative estimate of drug-likeness (QED) is 0.192. The van der Waals surface area contributed by atoms with Crippen LogP contribution in [0.4, 0.5) is 0 Å². The van der Waals surface area contributed by atoms with Gasteiger partial charge < -0.3 is 0 Å². The van der Waals surface area contributed by atoms with E-state index in [4.69, 9.17) is 15.0 Å². The molecule has 0 bridgehead atoms. The zero-order valence-electron chi connectivity index (χ0n) is 26.6. The van der Waals surface area contributed by atoms with Gasteiger partial charge in [0.2, 0.25) is 0 Å². The third-order valence-electron chi connectivity index (χ3n) is 8.34. The summed E-state index contributed by atoms with van der Waals surface area (Å²) in [6.07, 6.45) is 8.94. The second-order valence-corrected chi connectivity index (χ2v) is 12.9. The van der Waals surface area contributed by atoms with Gasteiger partial charge in [0.05, 0.1) is 0 Å². The van der Waals surface area contributed by atoms with Crippen LogP contribution in [0.2, 0.25) is 0 Å². The summed E-state index contributed by atoms with van der Waals surface area (Å²) in [5, 5.41) is 0. The van der Waals surface area contributed by atoms with Crippen LogP contribution in [-0.2, 0) is 5.41 Å². The molecule has 224 valence electrons. The Morgan fingerprint density at radius 1 is 0.435 bits per heavy atom. The van der Waals surface area contributed by atoms with Gasteiger partial charge in [-0.3, -0.25) is 0 Å². The number of hydrogen-bond donors (Lipinski definition) is 0. The molecule has 1 aliphatic rings. The van der Waals surface area contributed by atoms with Gasteiger partial charge in [-0.2, -0.15) is 0 Å². The molecule has 0 saturated heterocycles. The van der Waals surface area contributed by atoms with E-state index >= 15 is 0 Å². The molecule has 7 rings (SSSR count). The van der Waals surface area contributed by atoms with Crippen molar-refractivity contribution >= 4 is 5.57 Å². The molecule has 0 N–H and O–H groups in total. The fourth-order valence-corrected chi connectivity index (χ4v) is 5.87. The van der Waals surface area contributed by atoms with Crippen LogP contribution < -0.4 is 0 Å². The average Bonchev–Trinajstić information content (AvgIpc) is 3.12. The average molecular weight is 596 g/mol. The van der Waals surface area contributed by atoms with Crippen molar-refractivity contribution in [1.29, 1.82) is 0 Å². The lowest BCUT2D eigenvalue weighted by Gasteiger charge is -2.19. The first-order chi connectivity index (χ1) is 22.4. The van der Waals surface area contributed by atoms with Gasteiger partial charge in [0.25, 0.3) is 0 Å². The Bertz CT molecular complexity index is 1990. The Morgan fingerprint density at radius 3 is 1.26 bits per heavy atom. The van der Waals surface area contributed by atoms with Gasteiger partial charge in [0.1, 0.15) is 5.82 Å². The highest BCUT2D eigenvalue weighted by molar-refractivity contribution is 5.83. The van der Waals surface area contributed by atoms with Crippen LogP contribution in [0, 0.1) is 0 Å². The number of benzene rings is 5. The van der Waals surface area contributed by atoms with Crippen LogP contribution in [0.25, 0.3) is 61.7 Å². The molecule has 0 spiro atoms. The molecule has 1 heterocycles. The SMILES string of the molecule is CC(C)(C)c1nc(-c2cc(C3=CCCC=C3)cc(-c3ccccc3)c2)nc(-c2cc(-c3ccccc3)cc(-c3ccccc3)c2)n1.